The van der Waals surface area contributed by atoms with Gasteiger partial charge in [0.05, 0.1) is 23.1 Å². The van der Waals surface area contributed by atoms with Crippen LogP contribution >= 0.6 is 11.6 Å². The molecule has 5 heteroatoms. The van der Waals surface area contributed by atoms with Crippen LogP contribution < -0.4 is 4.74 Å². The third-order valence-electron chi connectivity index (χ3n) is 2.53. The molecule has 0 bridgehead atoms. The predicted octanol–water partition coefficient (Wildman–Crippen LogP) is 3.71. The molecule has 0 aliphatic rings. The van der Waals surface area contributed by atoms with Crippen molar-refractivity contribution in [1.29, 1.82) is 0 Å². The molecule has 0 aliphatic heterocycles. The number of hydrogen-bond acceptors (Lipinski definition) is 3. The fourth-order valence-electron chi connectivity index (χ4n) is 1.66. The lowest BCUT2D eigenvalue weighted by atomic mass is 10.4. The molecule has 3 aromatic rings. The maximum Gasteiger partial charge on any atom is 0.219 e. The maximum atomic E-state index is 5.84. The molecule has 0 amide bonds. The molecule has 0 fully saturated rings. The Labute approximate surface area is 115 Å². The molecule has 0 unspecified atom stereocenters. The minimum absolute atomic E-state index is 0.500. The van der Waals surface area contributed by atoms with E-state index in [4.69, 9.17) is 16.3 Å². The molecule has 3 aromatic heterocycles. The molecule has 0 radical (unpaired) electrons. The van der Waals surface area contributed by atoms with Crippen LogP contribution in [-0.2, 0) is 0 Å². The monoisotopic (exact) mass is 271 g/mol. The molecule has 94 valence electrons. The first-order chi connectivity index (χ1) is 9.31. The van der Waals surface area contributed by atoms with Gasteiger partial charge in [0, 0.05) is 30.7 Å². The highest BCUT2D eigenvalue weighted by Crippen LogP contribution is 2.21. The Morgan fingerprint density at radius 3 is 2.58 bits per heavy atom. The maximum absolute atomic E-state index is 5.84. The zero-order valence-corrected chi connectivity index (χ0v) is 10.7. The average molecular weight is 272 g/mol. The smallest absolute Gasteiger partial charge is 0.219 e. The van der Waals surface area contributed by atoms with E-state index in [2.05, 4.69) is 9.97 Å². The van der Waals surface area contributed by atoms with Crippen molar-refractivity contribution in [2.24, 2.45) is 0 Å². The number of halogens is 1. The van der Waals surface area contributed by atoms with Gasteiger partial charge in [0.1, 0.15) is 5.75 Å². The quantitative estimate of drug-likeness (QED) is 0.729. The van der Waals surface area contributed by atoms with Crippen molar-refractivity contribution in [1.82, 2.24) is 14.5 Å². The topological polar surface area (TPSA) is 39.9 Å². The van der Waals surface area contributed by atoms with E-state index in [0.717, 1.165) is 5.69 Å². The number of rotatable bonds is 3. The minimum Gasteiger partial charge on any atom is -0.437 e. The summed E-state index contributed by atoms with van der Waals surface area (Å²) in [6.45, 7) is 0. The van der Waals surface area contributed by atoms with Gasteiger partial charge < -0.3 is 9.30 Å². The van der Waals surface area contributed by atoms with E-state index in [1.54, 1.807) is 30.7 Å². The number of aromatic nitrogens is 3. The van der Waals surface area contributed by atoms with Crippen molar-refractivity contribution < 1.29 is 4.74 Å². The summed E-state index contributed by atoms with van der Waals surface area (Å²) >= 11 is 5.84. The molecule has 0 atom stereocenters. The molecule has 3 heterocycles. The summed E-state index contributed by atoms with van der Waals surface area (Å²) in [5.74, 6) is 1.06. The zero-order chi connectivity index (χ0) is 13.1. The number of pyridine rings is 2. The van der Waals surface area contributed by atoms with Crippen molar-refractivity contribution >= 4 is 11.6 Å². The van der Waals surface area contributed by atoms with E-state index in [1.165, 1.54) is 0 Å². The van der Waals surface area contributed by atoms with Crippen LogP contribution in [0.4, 0.5) is 0 Å². The van der Waals surface area contributed by atoms with Crippen LogP contribution in [0.15, 0.2) is 61.3 Å². The molecule has 0 aromatic carbocycles. The highest BCUT2D eigenvalue weighted by atomic mass is 35.5. The molecule has 0 spiro atoms. The van der Waals surface area contributed by atoms with Crippen LogP contribution in [0.25, 0.3) is 5.69 Å². The SMILES string of the molecule is Clc1cncc(Oc2ccc(-n3cccc3)cn2)c1. The second-order valence-electron chi connectivity index (χ2n) is 3.89. The Hall–Kier alpha value is -2.33. The highest BCUT2D eigenvalue weighted by molar-refractivity contribution is 6.30. The lowest BCUT2D eigenvalue weighted by molar-refractivity contribution is 0.460. The van der Waals surface area contributed by atoms with Gasteiger partial charge in [-0.2, -0.15) is 0 Å². The summed E-state index contributed by atoms with van der Waals surface area (Å²) in [7, 11) is 0. The summed E-state index contributed by atoms with van der Waals surface area (Å²) in [6.07, 6.45) is 8.80. The molecule has 0 N–H and O–H groups in total. The first-order valence-corrected chi connectivity index (χ1v) is 6.07. The predicted molar refractivity (Wildman–Crippen MR) is 72.9 cm³/mol. The Bertz CT molecular complexity index is 665. The fraction of sp³-hybridized carbons (Fsp3) is 0. The Morgan fingerprint density at radius 2 is 1.89 bits per heavy atom. The first-order valence-electron chi connectivity index (χ1n) is 5.69. The summed E-state index contributed by atoms with van der Waals surface area (Å²) in [5, 5.41) is 0.529. The molecular formula is C14H10ClN3O. The summed E-state index contributed by atoms with van der Waals surface area (Å²) in [6, 6.07) is 9.34. The Kier molecular flexibility index (Phi) is 3.16. The van der Waals surface area contributed by atoms with Crippen molar-refractivity contribution in [2.45, 2.75) is 0 Å². The van der Waals surface area contributed by atoms with Gasteiger partial charge in [0.2, 0.25) is 5.88 Å². The molecule has 0 saturated carbocycles. The third-order valence-corrected chi connectivity index (χ3v) is 2.73. The van der Waals surface area contributed by atoms with Gasteiger partial charge in [0.25, 0.3) is 0 Å². The lowest BCUT2D eigenvalue weighted by Gasteiger charge is -2.06. The second kappa shape index (κ2) is 5.12. The van der Waals surface area contributed by atoms with Gasteiger partial charge in [-0.3, -0.25) is 4.98 Å². The number of nitrogens with zero attached hydrogens (tertiary/aromatic N) is 3. The van der Waals surface area contributed by atoms with Crippen LogP contribution in [0, 0.1) is 0 Å². The van der Waals surface area contributed by atoms with Crippen molar-refractivity contribution in [3.63, 3.8) is 0 Å². The van der Waals surface area contributed by atoms with Crippen LogP contribution in [0.1, 0.15) is 0 Å². The van der Waals surface area contributed by atoms with Gasteiger partial charge in [-0.1, -0.05) is 11.6 Å². The molecule has 3 rings (SSSR count). The molecule has 19 heavy (non-hydrogen) atoms. The third kappa shape index (κ3) is 2.74. The van der Waals surface area contributed by atoms with E-state index < -0.39 is 0 Å². The van der Waals surface area contributed by atoms with Gasteiger partial charge in [-0.15, -0.1) is 0 Å². The van der Waals surface area contributed by atoms with Crippen LogP contribution in [0.5, 0.6) is 11.6 Å². The fourth-order valence-corrected chi connectivity index (χ4v) is 1.83. The first kappa shape index (κ1) is 11.7. The van der Waals surface area contributed by atoms with E-state index in [9.17, 15) is 0 Å². The van der Waals surface area contributed by atoms with Gasteiger partial charge >= 0.3 is 0 Å². The average Bonchev–Trinajstić information content (AvgIpc) is 2.94. The van der Waals surface area contributed by atoms with Crippen molar-refractivity contribution in [2.75, 3.05) is 0 Å². The van der Waals surface area contributed by atoms with Gasteiger partial charge in [-0.05, 0) is 18.2 Å². The van der Waals surface area contributed by atoms with Crippen molar-refractivity contribution in [3.05, 3.63) is 66.3 Å². The zero-order valence-electron chi connectivity index (χ0n) is 9.90. The normalized spacial score (nSPS) is 10.4. The summed E-state index contributed by atoms with van der Waals surface area (Å²) in [4.78, 5) is 8.20. The number of hydrogen-bond donors (Lipinski definition) is 0. The van der Waals surface area contributed by atoms with Crippen molar-refractivity contribution in [3.8, 4) is 17.3 Å². The van der Waals surface area contributed by atoms with E-state index in [-0.39, 0.29) is 0 Å². The van der Waals surface area contributed by atoms with E-state index in [1.807, 2.05) is 35.2 Å². The summed E-state index contributed by atoms with van der Waals surface area (Å²) in [5.41, 5.74) is 0.974. The van der Waals surface area contributed by atoms with E-state index >= 15 is 0 Å². The van der Waals surface area contributed by atoms with Crippen LogP contribution in [0.3, 0.4) is 0 Å². The Morgan fingerprint density at radius 1 is 1.05 bits per heavy atom. The largest absolute Gasteiger partial charge is 0.437 e. The van der Waals surface area contributed by atoms with Crippen LogP contribution in [-0.4, -0.2) is 14.5 Å². The highest BCUT2D eigenvalue weighted by Gasteiger charge is 2.01. The molecule has 0 saturated heterocycles. The van der Waals surface area contributed by atoms with Gasteiger partial charge in [-0.25, -0.2) is 4.98 Å². The van der Waals surface area contributed by atoms with E-state index in [0.29, 0.717) is 16.7 Å². The van der Waals surface area contributed by atoms with Crippen LogP contribution in [0.2, 0.25) is 5.02 Å². The summed E-state index contributed by atoms with van der Waals surface area (Å²) < 4.78 is 7.53. The minimum atomic E-state index is 0.500. The lowest BCUT2D eigenvalue weighted by Crippen LogP contribution is -1.93. The molecule has 0 aliphatic carbocycles. The molecular weight excluding hydrogens is 262 g/mol. The second-order valence-corrected chi connectivity index (χ2v) is 4.32. The molecule has 4 nitrogen and oxygen atoms in total. The van der Waals surface area contributed by atoms with Gasteiger partial charge in [0.15, 0.2) is 0 Å². The standard InChI is InChI=1S/C14H10ClN3O/c15-11-7-13(10-16-8-11)19-14-4-3-12(9-17-14)18-5-1-2-6-18/h1-10H. The Balaban J connectivity index is 1.80. The number of ether oxygens (including phenoxy) is 1.